The Morgan fingerprint density at radius 3 is 2.59 bits per heavy atom. The number of benzene rings is 1. The van der Waals surface area contributed by atoms with Gasteiger partial charge in [-0.05, 0) is 39.1 Å². The Morgan fingerprint density at radius 2 is 1.84 bits per heavy atom. The summed E-state index contributed by atoms with van der Waals surface area (Å²) in [5.41, 5.74) is 2.47. The van der Waals surface area contributed by atoms with E-state index in [1.165, 1.54) is 0 Å². The minimum absolute atomic E-state index is 0.00851. The maximum absolute atomic E-state index is 15.1. The number of likely N-dealkylation sites (N-methyl/N-ethyl adjacent to an activating group) is 1. The third kappa shape index (κ3) is 4.06. The van der Waals surface area contributed by atoms with Gasteiger partial charge in [-0.15, -0.1) is 0 Å². The molecule has 10 nitrogen and oxygen atoms in total. The summed E-state index contributed by atoms with van der Waals surface area (Å²) in [6.45, 7) is 7.09. The molecule has 1 saturated heterocycles. The van der Waals surface area contributed by atoms with Crippen molar-refractivity contribution in [2.75, 3.05) is 43.4 Å². The molecular formula is C21H24FN9O. The lowest BCUT2D eigenvalue weighted by molar-refractivity contribution is 0.310. The molecule has 0 radical (unpaired) electrons. The zero-order chi connectivity index (χ0) is 22.2. The lowest BCUT2D eigenvalue weighted by atomic mass is 10.2. The Kier molecular flexibility index (Phi) is 5.10. The molecule has 4 aromatic rings. The van der Waals surface area contributed by atoms with Gasteiger partial charge in [-0.2, -0.15) is 20.1 Å². The standard InChI is InChI=1S/C21H24FN9O/c1-12-10-14-15(23-12)4-5-16(18(14)22)32-21-26-19(24-17-11-13(2)28-29-17)25-20(27-21)31-8-6-30(3)7-9-31/h4-5,10-11,23H,6-9H2,1-3H3,(H2,24,25,26,27,28,29). The fourth-order valence-electron chi connectivity index (χ4n) is 3.66. The van der Waals surface area contributed by atoms with Gasteiger partial charge in [-0.25, -0.2) is 4.39 Å². The number of aryl methyl sites for hydroxylation is 2. The molecule has 3 N–H and O–H groups in total. The van der Waals surface area contributed by atoms with E-state index in [1.807, 2.05) is 19.9 Å². The van der Waals surface area contributed by atoms with E-state index in [-0.39, 0.29) is 17.7 Å². The average molecular weight is 437 g/mol. The number of hydrogen-bond acceptors (Lipinski definition) is 8. The summed E-state index contributed by atoms with van der Waals surface area (Å²) in [5.74, 6) is 0.894. The monoisotopic (exact) mass is 437 g/mol. The van der Waals surface area contributed by atoms with E-state index in [4.69, 9.17) is 4.74 Å². The number of aromatic nitrogens is 6. The van der Waals surface area contributed by atoms with Crippen LogP contribution in [0, 0.1) is 19.7 Å². The molecule has 0 bridgehead atoms. The summed E-state index contributed by atoms with van der Waals surface area (Å²) >= 11 is 0. The molecule has 32 heavy (non-hydrogen) atoms. The fourth-order valence-corrected chi connectivity index (χ4v) is 3.66. The Labute approximate surface area is 183 Å². The van der Waals surface area contributed by atoms with E-state index < -0.39 is 5.82 Å². The highest BCUT2D eigenvalue weighted by Gasteiger charge is 2.20. The van der Waals surface area contributed by atoms with Gasteiger partial charge >= 0.3 is 6.01 Å². The molecular weight excluding hydrogens is 413 g/mol. The molecule has 4 heterocycles. The summed E-state index contributed by atoms with van der Waals surface area (Å²) in [7, 11) is 2.08. The van der Waals surface area contributed by atoms with Crippen molar-refractivity contribution in [2.45, 2.75) is 13.8 Å². The summed E-state index contributed by atoms with van der Waals surface area (Å²) in [4.78, 5) is 20.8. The van der Waals surface area contributed by atoms with Crippen molar-refractivity contribution in [2.24, 2.45) is 0 Å². The summed E-state index contributed by atoms with van der Waals surface area (Å²) < 4.78 is 20.9. The number of nitrogens with zero attached hydrogens (tertiary/aromatic N) is 6. The highest BCUT2D eigenvalue weighted by Crippen LogP contribution is 2.30. The highest BCUT2D eigenvalue weighted by molar-refractivity contribution is 5.82. The molecule has 0 amide bonds. The Morgan fingerprint density at radius 1 is 1.03 bits per heavy atom. The van der Waals surface area contributed by atoms with Crippen molar-refractivity contribution < 1.29 is 9.13 Å². The second kappa shape index (κ2) is 8.08. The van der Waals surface area contributed by atoms with Crippen molar-refractivity contribution >= 4 is 28.6 Å². The first-order valence-electron chi connectivity index (χ1n) is 10.4. The van der Waals surface area contributed by atoms with Crippen LogP contribution in [-0.2, 0) is 0 Å². The highest BCUT2D eigenvalue weighted by atomic mass is 19.1. The second-order valence-corrected chi connectivity index (χ2v) is 7.99. The van der Waals surface area contributed by atoms with Gasteiger partial charge < -0.3 is 24.8 Å². The van der Waals surface area contributed by atoms with Crippen molar-refractivity contribution in [1.29, 1.82) is 0 Å². The molecule has 0 saturated carbocycles. The average Bonchev–Trinajstić information content (AvgIpc) is 3.35. The Hall–Kier alpha value is -3.73. The minimum Gasteiger partial charge on any atom is -0.421 e. The van der Waals surface area contributed by atoms with Gasteiger partial charge in [0.15, 0.2) is 17.4 Å². The number of nitrogens with one attached hydrogen (secondary N) is 3. The molecule has 0 spiro atoms. The second-order valence-electron chi connectivity index (χ2n) is 7.99. The number of rotatable bonds is 5. The molecule has 1 aliphatic rings. The zero-order valence-corrected chi connectivity index (χ0v) is 18.1. The quantitative estimate of drug-likeness (QED) is 0.437. The van der Waals surface area contributed by atoms with Crippen molar-refractivity contribution in [1.82, 2.24) is 35.0 Å². The largest absolute Gasteiger partial charge is 0.421 e. The predicted octanol–water partition coefficient (Wildman–Crippen LogP) is 3.12. The smallest absolute Gasteiger partial charge is 0.328 e. The van der Waals surface area contributed by atoms with E-state index in [9.17, 15) is 0 Å². The first-order chi connectivity index (χ1) is 15.4. The van der Waals surface area contributed by atoms with Crippen LogP contribution in [0.15, 0.2) is 24.3 Å². The van der Waals surface area contributed by atoms with E-state index in [0.717, 1.165) is 37.6 Å². The zero-order valence-electron chi connectivity index (χ0n) is 18.1. The van der Waals surface area contributed by atoms with Crippen LogP contribution in [-0.4, -0.2) is 68.3 Å². The number of hydrogen-bond donors (Lipinski definition) is 3. The third-order valence-corrected chi connectivity index (χ3v) is 5.37. The molecule has 1 fully saturated rings. The lowest BCUT2D eigenvalue weighted by Gasteiger charge is -2.32. The summed E-state index contributed by atoms with van der Waals surface area (Å²) in [5, 5.41) is 10.6. The van der Waals surface area contributed by atoms with Crippen LogP contribution in [0.2, 0.25) is 0 Å². The van der Waals surface area contributed by atoms with Crippen LogP contribution in [0.1, 0.15) is 11.4 Å². The van der Waals surface area contributed by atoms with Gasteiger partial charge in [0, 0.05) is 54.5 Å². The van der Waals surface area contributed by atoms with E-state index >= 15 is 4.39 Å². The molecule has 3 aromatic heterocycles. The van der Waals surface area contributed by atoms with Gasteiger partial charge in [0.25, 0.3) is 0 Å². The van der Waals surface area contributed by atoms with E-state index in [0.29, 0.717) is 22.7 Å². The van der Waals surface area contributed by atoms with Gasteiger partial charge in [-0.1, -0.05) is 0 Å². The van der Waals surface area contributed by atoms with Crippen LogP contribution >= 0.6 is 0 Å². The lowest BCUT2D eigenvalue weighted by Crippen LogP contribution is -2.45. The number of piperazine rings is 1. The number of ether oxygens (including phenoxy) is 1. The SMILES string of the molecule is Cc1cc(Nc2nc(Oc3ccc4[nH]c(C)cc4c3F)nc(N3CCN(C)CC3)n2)n[nH]1. The molecule has 11 heteroatoms. The fraction of sp³-hybridized carbons (Fsp3) is 0.333. The van der Waals surface area contributed by atoms with Gasteiger partial charge in [0.1, 0.15) is 0 Å². The summed E-state index contributed by atoms with van der Waals surface area (Å²) in [6.07, 6.45) is 0. The van der Waals surface area contributed by atoms with Gasteiger partial charge in [0.2, 0.25) is 11.9 Å². The normalized spacial score (nSPS) is 14.8. The van der Waals surface area contributed by atoms with Crippen molar-refractivity contribution in [3.05, 3.63) is 41.5 Å². The van der Waals surface area contributed by atoms with Crippen molar-refractivity contribution in [3.8, 4) is 11.8 Å². The molecule has 1 aliphatic heterocycles. The molecule has 166 valence electrons. The van der Waals surface area contributed by atoms with Crippen LogP contribution in [0.3, 0.4) is 0 Å². The Balaban J connectivity index is 1.49. The molecule has 0 atom stereocenters. The molecule has 0 unspecified atom stereocenters. The number of anilines is 3. The first kappa shape index (κ1) is 20.2. The van der Waals surface area contributed by atoms with Crippen LogP contribution in [0.25, 0.3) is 10.9 Å². The topological polar surface area (TPSA) is 111 Å². The van der Waals surface area contributed by atoms with Gasteiger partial charge in [0.05, 0.1) is 0 Å². The number of H-pyrrole nitrogens is 2. The number of fused-ring (bicyclic) bond motifs is 1. The van der Waals surface area contributed by atoms with Crippen LogP contribution < -0.4 is 15.0 Å². The first-order valence-corrected chi connectivity index (χ1v) is 10.4. The summed E-state index contributed by atoms with van der Waals surface area (Å²) in [6, 6.07) is 6.93. The number of halogens is 1. The maximum atomic E-state index is 15.1. The van der Waals surface area contributed by atoms with Crippen LogP contribution in [0.4, 0.5) is 22.1 Å². The van der Waals surface area contributed by atoms with Crippen molar-refractivity contribution in [3.63, 3.8) is 0 Å². The van der Waals surface area contributed by atoms with E-state index in [1.54, 1.807) is 18.2 Å². The molecule has 1 aromatic carbocycles. The van der Waals surface area contributed by atoms with Gasteiger partial charge in [-0.3, -0.25) is 5.10 Å². The predicted molar refractivity (Wildman–Crippen MR) is 119 cm³/mol. The molecule has 0 aliphatic carbocycles. The minimum atomic E-state index is -0.467. The number of aromatic amines is 2. The van der Waals surface area contributed by atoms with E-state index in [2.05, 4.69) is 52.3 Å². The molecule has 5 rings (SSSR count). The Bertz CT molecular complexity index is 1260. The van der Waals surface area contributed by atoms with Crippen LogP contribution in [0.5, 0.6) is 11.8 Å². The maximum Gasteiger partial charge on any atom is 0.328 e. The third-order valence-electron chi connectivity index (χ3n) is 5.37.